The van der Waals surface area contributed by atoms with Gasteiger partial charge in [0.1, 0.15) is 0 Å². The SMILES string of the molecule is OCc1ccc(CCC(O)Cn2ccnc2)cc1. The first kappa shape index (κ1) is 12.8. The number of hydrogen-bond acceptors (Lipinski definition) is 3. The molecule has 0 aliphatic carbocycles. The van der Waals surface area contributed by atoms with Crippen LogP contribution in [-0.2, 0) is 19.6 Å². The van der Waals surface area contributed by atoms with Crippen LogP contribution in [0.5, 0.6) is 0 Å². The van der Waals surface area contributed by atoms with Crippen LogP contribution in [0.2, 0.25) is 0 Å². The number of nitrogens with zero attached hydrogens (tertiary/aromatic N) is 2. The van der Waals surface area contributed by atoms with Crippen LogP contribution in [0, 0.1) is 0 Å². The van der Waals surface area contributed by atoms with Crippen LogP contribution in [0.3, 0.4) is 0 Å². The van der Waals surface area contributed by atoms with Gasteiger partial charge in [-0.25, -0.2) is 4.98 Å². The highest BCUT2D eigenvalue weighted by molar-refractivity contribution is 5.22. The van der Waals surface area contributed by atoms with Crippen LogP contribution in [0.15, 0.2) is 43.0 Å². The monoisotopic (exact) mass is 246 g/mol. The van der Waals surface area contributed by atoms with Crippen LogP contribution in [0.25, 0.3) is 0 Å². The van der Waals surface area contributed by atoms with Gasteiger partial charge in [0.2, 0.25) is 0 Å². The summed E-state index contributed by atoms with van der Waals surface area (Å²) in [6.45, 7) is 0.651. The van der Waals surface area contributed by atoms with Crippen LogP contribution in [-0.4, -0.2) is 25.9 Å². The summed E-state index contributed by atoms with van der Waals surface area (Å²) in [5.41, 5.74) is 2.09. The molecule has 0 bridgehead atoms. The molecule has 1 aromatic heterocycles. The quantitative estimate of drug-likeness (QED) is 0.809. The Kier molecular flexibility index (Phi) is 4.50. The number of rotatable bonds is 6. The molecule has 0 amide bonds. The van der Waals surface area contributed by atoms with Gasteiger partial charge < -0.3 is 14.8 Å². The van der Waals surface area contributed by atoms with Crippen molar-refractivity contribution in [1.82, 2.24) is 9.55 Å². The average molecular weight is 246 g/mol. The number of aromatic nitrogens is 2. The van der Waals surface area contributed by atoms with Gasteiger partial charge in [-0.15, -0.1) is 0 Å². The van der Waals surface area contributed by atoms with Crippen LogP contribution >= 0.6 is 0 Å². The fourth-order valence-corrected chi connectivity index (χ4v) is 1.87. The molecule has 0 saturated carbocycles. The van der Waals surface area contributed by atoms with Crippen LogP contribution in [0.4, 0.5) is 0 Å². The summed E-state index contributed by atoms with van der Waals surface area (Å²) < 4.78 is 1.87. The summed E-state index contributed by atoms with van der Waals surface area (Å²) in [5, 5.41) is 18.8. The van der Waals surface area contributed by atoms with Crippen molar-refractivity contribution in [1.29, 1.82) is 0 Å². The van der Waals surface area contributed by atoms with E-state index in [1.54, 1.807) is 12.5 Å². The molecule has 4 heteroatoms. The molecule has 0 saturated heterocycles. The van der Waals surface area contributed by atoms with E-state index >= 15 is 0 Å². The van der Waals surface area contributed by atoms with Crippen molar-refractivity contribution in [3.63, 3.8) is 0 Å². The lowest BCUT2D eigenvalue weighted by molar-refractivity contribution is 0.144. The first-order chi connectivity index (χ1) is 8.78. The second kappa shape index (κ2) is 6.33. The zero-order valence-corrected chi connectivity index (χ0v) is 10.2. The zero-order chi connectivity index (χ0) is 12.8. The first-order valence-electron chi connectivity index (χ1n) is 6.10. The molecule has 1 unspecified atom stereocenters. The molecule has 96 valence electrons. The Balaban J connectivity index is 1.79. The number of hydrogen-bond donors (Lipinski definition) is 2. The van der Waals surface area contributed by atoms with Gasteiger partial charge in [0.05, 0.1) is 19.0 Å². The van der Waals surface area contributed by atoms with E-state index in [1.807, 2.05) is 35.0 Å². The molecule has 1 atom stereocenters. The molecule has 18 heavy (non-hydrogen) atoms. The average Bonchev–Trinajstić information content (AvgIpc) is 2.90. The van der Waals surface area contributed by atoms with E-state index in [0.29, 0.717) is 6.54 Å². The Morgan fingerprint density at radius 1 is 1.17 bits per heavy atom. The van der Waals surface area contributed by atoms with Gasteiger partial charge in [0.25, 0.3) is 0 Å². The third-order valence-corrected chi connectivity index (χ3v) is 2.95. The molecule has 0 aliphatic heterocycles. The molecular weight excluding hydrogens is 228 g/mol. The van der Waals surface area contributed by atoms with Gasteiger partial charge in [-0.2, -0.15) is 0 Å². The molecule has 0 radical (unpaired) electrons. The molecule has 0 spiro atoms. The van der Waals surface area contributed by atoms with Gasteiger partial charge in [0.15, 0.2) is 0 Å². The van der Waals surface area contributed by atoms with Gasteiger partial charge in [0, 0.05) is 18.9 Å². The lowest BCUT2D eigenvalue weighted by atomic mass is 10.1. The number of imidazole rings is 1. The molecule has 2 N–H and O–H groups in total. The number of benzene rings is 1. The molecule has 0 aliphatic rings. The van der Waals surface area contributed by atoms with E-state index in [4.69, 9.17) is 5.11 Å². The lowest BCUT2D eigenvalue weighted by Crippen LogP contribution is -2.15. The summed E-state index contributed by atoms with van der Waals surface area (Å²) in [6.07, 6.45) is 6.45. The van der Waals surface area contributed by atoms with E-state index in [9.17, 15) is 5.11 Å². The Morgan fingerprint density at radius 2 is 1.89 bits per heavy atom. The standard InChI is InChI=1S/C14H18N2O2/c17-10-13-3-1-12(2-4-13)5-6-14(18)9-16-8-7-15-11-16/h1-4,7-8,11,14,17-18H,5-6,9-10H2. The molecule has 2 aromatic rings. The normalized spacial score (nSPS) is 12.6. The van der Waals surface area contributed by atoms with Gasteiger partial charge >= 0.3 is 0 Å². The van der Waals surface area contributed by atoms with Crippen LogP contribution < -0.4 is 0 Å². The maximum Gasteiger partial charge on any atom is 0.0946 e. The smallest absolute Gasteiger partial charge is 0.0946 e. The zero-order valence-electron chi connectivity index (χ0n) is 10.2. The summed E-state index contributed by atoms with van der Waals surface area (Å²) in [7, 11) is 0. The molecule has 2 rings (SSSR count). The minimum atomic E-state index is -0.364. The largest absolute Gasteiger partial charge is 0.392 e. The number of aliphatic hydroxyl groups excluding tert-OH is 2. The van der Waals surface area contributed by atoms with Crippen molar-refractivity contribution in [3.8, 4) is 0 Å². The first-order valence-corrected chi connectivity index (χ1v) is 6.10. The minimum Gasteiger partial charge on any atom is -0.392 e. The van der Waals surface area contributed by atoms with Crippen molar-refractivity contribution in [3.05, 3.63) is 54.1 Å². The third-order valence-electron chi connectivity index (χ3n) is 2.95. The predicted molar refractivity (Wildman–Crippen MR) is 68.9 cm³/mol. The van der Waals surface area contributed by atoms with Gasteiger partial charge in [-0.3, -0.25) is 0 Å². The summed E-state index contributed by atoms with van der Waals surface area (Å²) in [4.78, 5) is 3.94. The predicted octanol–water partition coefficient (Wildman–Crippen LogP) is 1.37. The molecule has 0 fully saturated rings. The van der Waals surface area contributed by atoms with Crippen molar-refractivity contribution in [2.45, 2.75) is 32.1 Å². The van der Waals surface area contributed by atoms with E-state index in [0.717, 1.165) is 18.4 Å². The fraction of sp³-hybridized carbons (Fsp3) is 0.357. The maximum atomic E-state index is 9.89. The minimum absolute atomic E-state index is 0.0730. The van der Waals surface area contributed by atoms with Gasteiger partial charge in [-0.05, 0) is 24.0 Å². The number of aryl methyl sites for hydroxylation is 1. The van der Waals surface area contributed by atoms with Crippen molar-refractivity contribution >= 4 is 0 Å². The van der Waals surface area contributed by atoms with Crippen LogP contribution in [0.1, 0.15) is 17.5 Å². The second-order valence-corrected chi connectivity index (χ2v) is 4.43. The second-order valence-electron chi connectivity index (χ2n) is 4.43. The topological polar surface area (TPSA) is 58.3 Å². The van der Waals surface area contributed by atoms with E-state index in [1.165, 1.54) is 5.56 Å². The van der Waals surface area contributed by atoms with Crippen molar-refractivity contribution in [2.75, 3.05) is 0 Å². The Hall–Kier alpha value is -1.65. The summed E-state index contributed by atoms with van der Waals surface area (Å²) >= 11 is 0. The molecule has 4 nitrogen and oxygen atoms in total. The highest BCUT2D eigenvalue weighted by Gasteiger charge is 2.05. The fourth-order valence-electron chi connectivity index (χ4n) is 1.87. The summed E-state index contributed by atoms with van der Waals surface area (Å²) in [6, 6.07) is 7.82. The van der Waals surface area contributed by atoms with E-state index < -0.39 is 0 Å². The van der Waals surface area contributed by atoms with E-state index in [2.05, 4.69) is 4.98 Å². The third kappa shape index (κ3) is 3.68. The Labute approximate surface area is 107 Å². The highest BCUT2D eigenvalue weighted by atomic mass is 16.3. The maximum absolute atomic E-state index is 9.89. The molecular formula is C14H18N2O2. The molecule has 1 heterocycles. The number of aliphatic hydroxyl groups is 2. The van der Waals surface area contributed by atoms with Crippen molar-refractivity contribution in [2.24, 2.45) is 0 Å². The Bertz CT molecular complexity index is 451. The Morgan fingerprint density at radius 3 is 2.50 bits per heavy atom. The van der Waals surface area contributed by atoms with Crippen molar-refractivity contribution < 1.29 is 10.2 Å². The summed E-state index contributed by atoms with van der Waals surface area (Å²) in [5.74, 6) is 0. The molecule has 1 aromatic carbocycles. The van der Waals surface area contributed by atoms with Gasteiger partial charge in [-0.1, -0.05) is 24.3 Å². The van der Waals surface area contributed by atoms with E-state index in [-0.39, 0.29) is 12.7 Å². The lowest BCUT2D eigenvalue weighted by Gasteiger charge is -2.11. The highest BCUT2D eigenvalue weighted by Crippen LogP contribution is 2.09.